The molecular weight excluding hydrogens is 334 g/mol. The summed E-state index contributed by atoms with van der Waals surface area (Å²) in [5.74, 6) is 0.450. The zero-order valence-corrected chi connectivity index (χ0v) is 15.6. The highest BCUT2D eigenvalue weighted by Gasteiger charge is 2.33. The first-order valence-electron chi connectivity index (χ1n) is 8.58. The van der Waals surface area contributed by atoms with Crippen molar-refractivity contribution in [3.63, 3.8) is 0 Å². The molecule has 0 saturated carbocycles. The molecule has 0 aliphatic carbocycles. The SMILES string of the molecule is CC(C)(C)[C@@H]1CNC(c2cncc(C(=O)Nc3ccc(Cl)cc3)c2)C1. The first-order valence-corrected chi connectivity index (χ1v) is 8.96. The zero-order chi connectivity index (χ0) is 18.0. The Kier molecular flexibility index (Phi) is 5.11. The van der Waals surface area contributed by atoms with Gasteiger partial charge in [0.05, 0.1) is 5.56 Å². The van der Waals surface area contributed by atoms with Crippen molar-refractivity contribution in [1.29, 1.82) is 0 Å². The molecule has 2 aromatic rings. The van der Waals surface area contributed by atoms with Gasteiger partial charge in [-0.05, 0) is 60.2 Å². The quantitative estimate of drug-likeness (QED) is 0.838. The van der Waals surface area contributed by atoms with E-state index in [2.05, 4.69) is 36.4 Å². The number of hydrogen-bond acceptors (Lipinski definition) is 3. The summed E-state index contributed by atoms with van der Waals surface area (Å²) in [5, 5.41) is 7.08. The molecule has 1 unspecified atom stereocenters. The largest absolute Gasteiger partial charge is 0.322 e. The summed E-state index contributed by atoms with van der Waals surface area (Å²) in [4.78, 5) is 16.8. The highest BCUT2D eigenvalue weighted by Crippen LogP contribution is 2.37. The summed E-state index contributed by atoms with van der Waals surface area (Å²) in [7, 11) is 0. The molecule has 2 heterocycles. The van der Waals surface area contributed by atoms with Crippen molar-refractivity contribution in [2.75, 3.05) is 11.9 Å². The number of anilines is 1. The third kappa shape index (κ3) is 4.39. The minimum atomic E-state index is -0.165. The second kappa shape index (κ2) is 7.14. The van der Waals surface area contributed by atoms with E-state index in [1.165, 1.54) is 0 Å². The van der Waals surface area contributed by atoms with Crippen molar-refractivity contribution < 1.29 is 4.79 Å². The molecule has 4 nitrogen and oxygen atoms in total. The highest BCUT2D eigenvalue weighted by atomic mass is 35.5. The fraction of sp³-hybridized carbons (Fsp3) is 0.400. The van der Waals surface area contributed by atoms with Gasteiger partial charge >= 0.3 is 0 Å². The third-order valence-electron chi connectivity index (χ3n) is 4.88. The summed E-state index contributed by atoms with van der Waals surface area (Å²) in [6, 6.07) is 9.25. The third-order valence-corrected chi connectivity index (χ3v) is 5.13. The first kappa shape index (κ1) is 17.9. The molecule has 1 aromatic heterocycles. The molecule has 0 spiro atoms. The van der Waals surface area contributed by atoms with Gasteiger partial charge in [0.15, 0.2) is 0 Å². The first-order chi connectivity index (χ1) is 11.8. The molecule has 0 bridgehead atoms. The molecular formula is C20H24ClN3O. The van der Waals surface area contributed by atoms with Gasteiger partial charge < -0.3 is 10.6 Å². The Bertz CT molecular complexity index is 752. The molecule has 2 atom stereocenters. The van der Waals surface area contributed by atoms with E-state index < -0.39 is 0 Å². The molecule has 1 aliphatic rings. The number of pyridine rings is 1. The van der Waals surface area contributed by atoms with Gasteiger partial charge in [-0.25, -0.2) is 0 Å². The Morgan fingerprint density at radius 2 is 1.96 bits per heavy atom. The number of carbonyl (C=O) groups is 1. The number of benzene rings is 1. The Labute approximate surface area is 154 Å². The standard InChI is InChI=1S/C20H24ClN3O/c1-20(2,3)15-9-18(23-12-15)13-8-14(11-22-10-13)19(25)24-17-6-4-16(21)5-7-17/h4-8,10-11,15,18,23H,9,12H2,1-3H3,(H,24,25)/t15-,18?/m0/s1. The van der Waals surface area contributed by atoms with Crippen LogP contribution in [0, 0.1) is 11.3 Å². The topological polar surface area (TPSA) is 54.0 Å². The summed E-state index contributed by atoms with van der Waals surface area (Å²) in [6.45, 7) is 7.82. The highest BCUT2D eigenvalue weighted by molar-refractivity contribution is 6.30. The lowest BCUT2D eigenvalue weighted by atomic mass is 9.79. The molecule has 1 amide bonds. The van der Waals surface area contributed by atoms with Crippen molar-refractivity contribution in [3.05, 3.63) is 58.9 Å². The van der Waals surface area contributed by atoms with E-state index in [-0.39, 0.29) is 17.4 Å². The number of nitrogens with zero attached hydrogens (tertiary/aromatic N) is 1. The van der Waals surface area contributed by atoms with E-state index in [0.717, 1.165) is 18.5 Å². The molecule has 132 valence electrons. The summed E-state index contributed by atoms with van der Waals surface area (Å²) in [6.07, 6.45) is 4.51. The van der Waals surface area contributed by atoms with E-state index in [4.69, 9.17) is 11.6 Å². The van der Waals surface area contributed by atoms with Gasteiger partial charge in [0.1, 0.15) is 0 Å². The number of nitrogens with one attached hydrogen (secondary N) is 2. The maximum Gasteiger partial charge on any atom is 0.257 e. The summed E-state index contributed by atoms with van der Waals surface area (Å²) < 4.78 is 0. The maximum absolute atomic E-state index is 12.5. The number of halogens is 1. The average molecular weight is 358 g/mol. The summed E-state index contributed by atoms with van der Waals surface area (Å²) >= 11 is 5.87. The molecule has 0 radical (unpaired) electrons. The van der Waals surface area contributed by atoms with Gasteiger partial charge in [-0.1, -0.05) is 32.4 Å². The zero-order valence-electron chi connectivity index (χ0n) is 14.8. The molecule has 5 heteroatoms. The molecule has 25 heavy (non-hydrogen) atoms. The molecule has 1 fully saturated rings. The lowest BCUT2D eigenvalue weighted by molar-refractivity contribution is 0.102. The van der Waals surface area contributed by atoms with Crippen molar-refractivity contribution in [2.45, 2.75) is 33.2 Å². The van der Waals surface area contributed by atoms with Crippen LogP contribution in [-0.2, 0) is 0 Å². The monoisotopic (exact) mass is 357 g/mol. The Hall–Kier alpha value is -1.91. The molecule has 1 aliphatic heterocycles. The number of amides is 1. The normalized spacial score (nSPS) is 20.5. The predicted molar refractivity (Wildman–Crippen MR) is 102 cm³/mol. The van der Waals surface area contributed by atoms with Crippen molar-refractivity contribution in [2.24, 2.45) is 11.3 Å². The second-order valence-electron chi connectivity index (χ2n) is 7.73. The number of aromatic nitrogens is 1. The van der Waals surface area contributed by atoms with E-state index in [9.17, 15) is 4.79 Å². The Morgan fingerprint density at radius 3 is 2.60 bits per heavy atom. The Morgan fingerprint density at radius 1 is 1.24 bits per heavy atom. The van der Waals surface area contributed by atoms with E-state index in [0.29, 0.717) is 22.2 Å². The van der Waals surface area contributed by atoms with E-state index in [1.54, 1.807) is 30.5 Å². The van der Waals surface area contributed by atoms with Crippen LogP contribution in [0.2, 0.25) is 5.02 Å². The van der Waals surface area contributed by atoms with Crippen LogP contribution >= 0.6 is 11.6 Å². The van der Waals surface area contributed by atoms with Gasteiger partial charge in [0.25, 0.3) is 5.91 Å². The van der Waals surface area contributed by atoms with Crippen LogP contribution in [0.5, 0.6) is 0 Å². The van der Waals surface area contributed by atoms with Crippen LogP contribution in [-0.4, -0.2) is 17.4 Å². The lowest BCUT2D eigenvalue weighted by Gasteiger charge is -2.26. The fourth-order valence-corrected chi connectivity index (χ4v) is 3.28. The molecule has 2 N–H and O–H groups in total. The van der Waals surface area contributed by atoms with Crippen LogP contribution in [0.25, 0.3) is 0 Å². The Balaban J connectivity index is 1.71. The summed E-state index contributed by atoms with van der Waals surface area (Å²) in [5.41, 5.74) is 2.62. The second-order valence-corrected chi connectivity index (χ2v) is 8.16. The minimum absolute atomic E-state index is 0.165. The molecule has 1 saturated heterocycles. The van der Waals surface area contributed by atoms with Gasteiger partial charge in [-0.3, -0.25) is 9.78 Å². The molecule has 1 aromatic carbocycles. The van der Waals surface area contributed by atoms with Crippen LogP contribution in [0.1, 0.15) is 49.2 Å². The van der Waals surface area contributed by atoms with Gasteiger partial charge in [-0.15, -0.1) is 0 Å². The smallest absolute Gasteiger partial charge is 0.257 e. The number of hydrogen-bond donors (Lipinski definition) is 2. The predicted octanol–water partition coefficient (Wildman–Crippen LogP) is 4.68. The fourth-order valence-electron chi connectivity index (χ4n) is 3.16. The van der Waals surface area contributed by atoms with Crippen LogP contribution in [0.15, 0.2) is 42.7 Å². The number of rotatable bonds is 3. The van der Waals surface area contributed by atoms with Crippen LogP contribution in [0.4, 0.5) is 5.69 Å². The average Bonchev–Trinajstić information content (AvgIpc) is 3.07. The maximum atomic E-state index is 12.5. The van der Waals surface area contributed by atoms with E-state index >= 15 is 0 Å². The molecule has 3 rings (SSSR count). The van der Waals surface area contributed by atoms with Gasteiger partial charge in [0, 0.05) is 29.1 Å². The van der Waals surface area contributed by atoms with Gasteiger partial charge in [0.2, 0.25) is 0 Å². The van der Waals surface area contributed by atoms with Crippen molar-refractivity contribution in [3.8, 4) is 0 Å². The van der Waals surface area contributed by atoms with Crippen molar-refractivity contribution in [1.82, 2.24) is 10.3 Å². The van der Waals surface area contributed by atoms with Crippen molar-refractivity contribution >= 4 is 23.2 Å². The van der Waals surface area contributed by atoms with E-state index in [1.807, 2.05) is 12.3 Å². The number of carbonyl (C=O) groups excluding carboxylic acids is 1. The van der Waals surface area contributed by atoms with Gasteiger partial charge in [-0.2, -0.15) is 0 Å². The minimum Gasteiger partial charge on any atom is -0.322 e. The van der Waals surface area contributed by atoms with Crippen LogP contribution in [0.3, 0.4) is 0 Å². The lowest BCUT2D eigenvalue weighted by Crippen LogP contribution is -2.22. The van der Waals surface area contributed by atoms with Crippen LogP contribution < -0.4 is 10.6 Å².